The van der Waals surface area contributed by atoms with Gasteiger partial charge in [-0.2, -0.15) is 0 Å². The molecule has 7 rings (SSSR count). The number of hydrogen-bond donors (Lipinski definition) is 1. The van der Waals surface area contributed by atoms with Crippen LogP contribution >= 0.6 is 0 Å². The number of esters is 1. The third-order valence-electron chi connectivity index (χ3n) is 10.6. The molecule has 1 aromatic carbocycles. The van der Waals surface area contributed by atoms with E-state index in [4.69, 9.17) is 19.2 Å². The lowest BCUT2D eigenvalue weighted by Gasteiger charge is -2.31. The standard InChI is InChI=1S/C36H43N3O7/c1-3-25-26-18-24(46-35(42)38-15-12-22(13-16-38)14-17-44-23-8-6-5-7-9-23)10-11-30(26)37-32-27(25)20-39-31(32)19-29-28(33(39)40)21-45-34(41)36(29,43)4-2/h10-11,18-19,22-23,43H,3-9,12-17,20-21H2,1-2H3/t36-/m0/s1. The van der Waals surface area contributed by atoms with Gasteiger partial charge >= 0.3 is 12.1 Å². The molecular weight excluding hydrogens is 586 g/mol. The Morgan fingerprint density at radius 3 is 2.59 bits per heavy atom. The smallest absolute Gasteiger partial charge is 0.415 e. The maximum Gasteiger partial charge on any atom is 0.415 e. The molecule has 0 radical (unpaired) electrons. The van der Waals surface area contributed by atoms with Gasteiger partial charge in [0.2, 0.25) is 0 Å². The average Bonchev–Trinajstić information content (AvgIpc) is 3.45. The van der Waals surface area contributed by atoms with Crippen LogP contribution in [0.3, 0.4) is 0 Å². The first-order valence-corrected chi connectivity index (χ1v) is 17.0. The van der Waals surface area contributed by atoms with E-state index >= 15 is 0 Å². The number of rotatable bonds is 7. The highest BCUT2D eigenvalue weighted by molar-refractivity contribution is 5.90. The molecule has 2 fully saturated rings. The van der Waals surface area contributed by atoms with E-state index < -0.39 is 11.6 Å². The van der Waals surface area contributed by atoms with E-state index in [2.05, 4.69) is 6.92 Å². The molecule has 1 aliphatic carbocycles. The van der Waals surface area contributed by atoms with Crippen molar-refractivity contribution >= 4 is 23.0 Å². The van der Waals surface area contributed by atoms with Gasteiger partial charge in [0, 0.05) is 36.2 Å². The van der Waals surface area contributed by atoms with E-state index in [0.717, 1.165) is 47.9 Å². The van der Waals surface area contributed by atoms with E-state index in [-0.39, 0.29) is 24.7 Å². The first-order chi connectivity index (χ1) is 22.3. The molecule has 1 atom stereocenters. The molecule has 0 bridgehead atoms. The molecule has 5 heterocycles. The summed E-state index contributed by atoms with van der Waals surface area (Å²) < 4.78 is 18.9. The Hall–Kier alpha value is -3.76. The summed E-state index contributed by atoms with van der Waals surface area (Å²) in [6.45, 7) is 6.07. The van der Waals surface area contributed by atoms with Gasteiger partial charge in [-0.1, -0.05) is 33.1 Å². The third kappa shape index (κ3) is 5.39. The highest BCUT2D eigenvalue weighted by Gasteiger charge is 2.45. The Labute approximate surface area is 268 Å². The highest BCUT2D eigenvalue weighted by Crippen LogP contribution is 2.41. The molecule has 4 aliphatic rings. The number of aryl methyl sites for hydroxylation is 1. The lowest BCUT2D eigenvalue weighted by Crippen LogP contribution is -2.44. The molecule has 3 aliphatic heterocycles. The lowest BCUT2D eigenvalue weighted by atomic mass is 9.86. The first-order valence-electron chi connectivity index (χ1n) is 17.0. The summed E-state index contributed by atoms with van der Waals surface area (Å²) in [5.74, 6) is 0.292. The van der Waals surface area contributed by atoms with Crippen LogP contribution in [0, 0.1) is 5.92 Å². The Bertz CT molecular complexity index is 1740. The molecule has 0 unspecified atom stereocenters. The second kappa shape index (κ2) is 12.4. The number of likely N-dealkylation sites (tertiary alicyclic amines) is 1. The summed E-state index contributed by atoms with van der Waals surface area (Å²) in [5, 5.41) is 12.0. The number of ether oxygens (including phenoxy) is 3. The molecular formula is C36H43N3O7. The van der Waals surface area contributed by atoms with Gasteiger partial charge in [0.1, 0.15) is 12.4 Å². The van der Waals surface area contributed by atoms with E-state index in [1.54, 1.807) is 28.5 Å². The second-order valence-corrected chi connectivity index (χ2v) is 13.3. The molecule has 10 heteroatoms. The van der Waals surface area contributed by atoms with E-state index in [9.17, 15) is 19.5 Å². The predicted octanol–water partition coefficient (Wildman–Crippen LogP) is 5.59. The summed E-state index contributed by atoms with van der Waals surface area (Å²) in [6, 6.07) is 7.20. The van der Waals surface area contributed by atoms with Gasteiger partial charge in [0.15, 0.2) is 5.60 Å². The van der Waals surface area contributed by atoms with Gasteiger partial charge < -0.3 is 28.8 Å². The quantitative estimate of drug-likeness (QED) is 0.263. The fraction of sp³-hybridized carbons (Fsp3) is 0.556. The minimum Gasteiger partial charge on any atom is -0.458 e. The summed E-state index contributed by atoms with van der Waals surface area (Å²) >= 11 is 0. The average molecular weight is 630 g/mol. The maximum atomic E-state index is 13.6. The van der Waals surface area contributed by atoms with Crippen molar-refractivity contribution in [3.05, 3.63) is 56.9 Å². The number of piperidine rings is 1. The van der Waals surface area contributed by atoms with Crippen LogP contribution in [0.5, 0.6) is 5.75 Å². The number of carbonyl (C=O) groups excluding carboxylic acids is 2. The number of carbonyl (C=O) groups is 2. The first kappa shape index (κ1) is 30.9. The molecule has 1 N–H and O–H groups in total. The molecule has 0 spiro atoms. The number of pyridine rings is 2. The summed E-state index contributed by atoms with van der Waals surface area (Å²) in [7, 11) is 0. The molecule has 3 aromatic rings. The van der Waals surface area contributed by atoms with E-state index in [1.165, 1.54) is 32.1 Å². The minimum absolute atomic E-state index is 0.0921. The molecule has 1 amide bonds. The lowest BCUT2D eigenvalue weighted by molar-refractivity contribution is -0.172. The van der Waals surface area contributed by atoms with E-state index in [0.29, 0.717) is 66.3 Å². The number of amides is 1. The molecule has 2 aromatic heterocycles. The monoisotopic (exact) mass is 629 g/mol. The fourth-order valence-electron chi connectivity index (χ4n) is 7.81. The van der Waals surface area contributed by atoms with Crippen LogP contribution in [-0.2, 0) is 39.4 Å². The van der Waals surface area contributed by atoms with Gasteiger partial charge in [0.25, 0.3) is 5.56 Å². The van der Waals surface area contributed by atoms with Crippen molar-refractivity contribution < 1.29 is 28.9 Å². The minimum atomic E-state index is -1.87. The molecule has 46 heavy (non-hydrogen) atoms. The van der Waals surface area contributed by atoms with Crippen LogP contribution in [0.15, 0.2) is 29.1 Å². The van der Waals surface area contributed by atoms with Crippen molar-refractivity contribution in [3.63, 3.8) is 0 Å². The van der Waals surface area contributed by atoms with Crippen molar-refractivity contribution in [2.75, 3.05) is 19.7 Å². The van der Waals surface area contributed by atoms with Crippen LogP contribution in [-0.4, -0.2) is 57.4 Å². The summed E-state index contributed by atoms with van der Waals surface area (Å²) in [4.78, 5) is 46.0. The largest absolute Gasteiger partial charge is 0.458 e. The topological polar surface area (TPSA) is 120 Å². The van der Waals surface area contributed by atoms with Crippen LogP contribution in [0.25, 0.3) is 22.3 Å². The Morgan fingerprint density at radius 2 is 1.85 bits per heavy atom. The normalized spacial score (nSPS) is 21.5. The van der Waals surface area contributed by atoms with Gasteiger partial charge in [-0.05, 0) is 80.7 Å². The Morgan fingerprint density at radius 1 is 1.07 bits per heavy atom. The number of fused-ring (bicyclic) bond motifs is 5. The molecule has 244 valence electrons. The van der Waals surface area contributed by atoms with Crippen LogP contribution in [0.2, 0.25) is 0 Å². The molecule has 1 saturated carbocycles. The van der Waals surface area contributed by atoms with Crippen molar-refractivity contribution in [2.45, 2.75) is 103 Å². The van der Waals surface area contributed by atoms with Crippen molar-refractivity contribution in [2.24, 2.45) is 5.92 Å². The van der Waals surface area contributed by atoms with E-state index in [1.807, 2.05) is 12.1 Å². The number of hydrogen-bond acceptors (Lipinski definition) is 8. The molecule has 10 nitrogen and oxygen atoms in total. The SMILES string of the molecule is CCc1c2c(nc3ccc(OC(=O)N4CCC(CCOC5CCCCC5)CC4)cc13)-c1cc3c(c(=O)n1C2)COC(=O)[C@]3(O)CC. The second-order valence-electron chi connectivity index (χ2n) is 13.3. The zero-order valence-corrected chi connectivity index (χ0v) is 26.8. The number of aliphatic hydroxyl groups is 1. The van der Waals surface area contributed by atoms with Gasteiger partial charge in [0.05, 0.1) is 35.1 Å². The highest BCUT2D eigenvalue weighted by atomic mass is 16.6. The number of benzene rings is 1. The maximum absolute atomic E-state index is 13.6. The summed E-state index contributed by atoms with van der Waals surface area (Å²) in [6.07, 6.45) is 10.1. The zero-order chi connectivity index (χ0) is 32.0. The number of nitrogens with zero attached hydrogens (tertiary/aromatic N) is 3. The van der Waals surface area contributed by atoms with Gasteiger partial charge in [-0.15, -0.1) is 0 Å². The Balaban J connectivity index is 1.07. The summed E-state index contributed by atoms with van der Waals surface area (Å²) in [5.41, 5.74) is 2.35. The van der Waals surface area contributed by atoms with Crippen LogP contribution < -0.4 is 10.3 Å². The fourth-order valence-corrected chi connectivity index (χ4v) is 7.81. The third-order valence-corrected chi connectivity index (χ3v) is 10.6. The molecule has 1 saturated heterocycles. The Kier molecular flexibility index (Phi) is 8.35. The van der Waals surface area contributed by atoms with Gasteiger partial charge in [-0.3, -0.25) is 4.79 Å². The number of aromatic nitrogens is 2. The van der Waals surface area contributed by atoms with Crippen LogP contribution in [0.1, 0.15) is 93.9 Å². The van der Waals surface area contributed by atoms with Crippen molar-refractivity contribution in [1.82, 2.24) is 14.5 Å². The number of cyclic esters (lactones) is 1. The van der Waals surface area contributed by atoms with Crippen LogP contribution in [0.4, 0.5) is 4.79 Å². The predicted molar refractivity (Wildman–Crippen MR) is 172 cm³/mol. The zero-order valence-electron chi connectivity index (χ0n) is 26.8. The van der Waals surface area contributed by atoms with Crippen molar-refractivity contribution in [1.29, 1.82) is 0 Å². The van der Waals surface area contributed by atoms with Gasteiger partial charge in [-0.25, -0.2) is 14.6 Å². The van der Waals surface area contributed by atoms with Crippen molar-refractivity contribution in [3.8, 4) is 17.1 Å².